The molecule has 0 spiro atoms. The molecule has 2 heterocycles. The number of ether oxygens (including phenoxy) is 1. The van der Waals surface area contributed by atoms with Crippen LogP contribution in [0.2, 0.25) is 0 Å². The van der Waals surface area contributed by atoms with E-state index in [0.717, 1.165) is 44.2 Å². The monoisotopic (exact) mass is 396 g/mol. The fourth-order valence-electron chi connectivity index (χ4n) is 3.49. The second-order valence-electron chi connectivity index (χ2n) is 6.80. The van der Waals surface area contributed by atoms with E-state index in [4.69, 9.17) is 9.73 Å². The maximum Gasteiger partial charge on any atom is 0.137 e. The van der Waals surface area contributed by atoms with Crippen LogP contribution in [-0.4, -0.2) is 68.1 Å². The van der Waals surface area contributed by atoms with Crippen molar-refractivity contribution in [3.05, 3.63) is 59.0 Å². The predicted molar refractivity (Wildman–Crippen MR) is 113 cm³/mol. The topological polar surface area (TPSA) is 57.5 Å². The Morgan fingerprint density at radius 1 is 0.964 bits per heavy atom. The van der Waals surface area contributed by atoms with Gasteiger partial charge in [0.2, 0.25) is 0 Å². The molecule has 0 radical (unpaired) electrons. The number of amidine groups is 1. The fraction of sp³-hybridized carbons (Fsp3) is 0.381. The number of benzene rings is 2. The van der Waals surface area contributed by atoms with Gasteiger partial charge < -0.3 is 9.64 Å². The third kappa shape index (κ3) is 4.43. The molecule has 0 aromatic heterocycles. The van der Waals surface area contributed by atoms with E-state index in [-0.39, 0.29) is 6.54 Å². The smallest absolute Gasteiger partial charge is 0.137 e. The summed E-state index contributed by atoms with van der Waals surface area (Å²) >= 11 is 1.79. The zero-order chi connectivity index (χ0) is 19.2. The summed E-state index contributed by atoms with van der Waals surface area (Å²) in [5.41, 5.74) is 2.25. The number of fused-ring (bicyclic) bond motifs is 2. The van der Waals surface area contributed by atoms with Crippen molar-refractivity contribution >= 4 is 23.3 Å². The van der Waals surface area contributed by atoms with Crippen molar-refractivity contribution in [3.63, 3.8) is 0 Å². The molecule has 4 rings (SSSR count). The Hall–Kier alpha value is -2.22. The van der Waals surface area contributed by atoms with Gasteiger partial charge in [-0.05, 0) is 18.2 Å². The second kappa shape index (κ2) is 9.32. The van der Waals surface area contributed by atoms with Crippen molar-refractivity contribution in [1.82, 2.24) is 9.80 Å². The minimum absolute atomic E-state index is 0.229. The van der Waals surface area contributed by atoms with Gasteiger partial charge in [-0.25, -0.2) is 4.99 Å². The van der Waals surface area contributed by atoms with Crippen molar-refractivity contribution in [3.8, 4) is 0 Å². The molecule has 7 heteroatoms. The maximum atomic E-state index is 10.1. The molecule has 0 atom stereocenters. The van der Waals surface area contributed by atoms with Crippen molar-refractivity contribution in [2.45, 2.75) is 9.79 Å². The Bertz CT molecular complexity index is 850. The first-order chi connectivity index (χ1) is 13.8. The molecule has 0 bridgehead atoms. The number of para-hydroxylation sites is 1. The summed E-state index contributed by atoms with van der Waals surface area (Å²) in [5, 5.41) is 2.81. The number of nitroso groups, excluding NO2 is 1. The first-order valence-electron chi connectivity index (χ1n) is 9.64. The molecular weight excluding hydrogens is 372 g/mol. The summed E-state index contributed by atoms with van der Waals surface area (Å²) in [6.07, 6.45) is 0. The zero-order valence-corrected chi connectivity index (χ0v) is 16.6. The van der Waals surface area contributed by atoms with Crippen LogP contribution in [0.5, 0.6) is 0 Å². The largest absolute Gasteiger partial charge is 0.378 e. The first-order valence-corrected chi connectivity index (χ1v) is 10.5. The number of rotatable bonds is 6. The lowest BCUT2D eigenvalue weighted by Gasteiger charge is -2.36. The predicted octanol–water partition coefficient (Wildman–Crippen LogP) is 3.63. The van der Waals surface area contributed by atoms with E-state index in [1.807, 2.05) is 0 Å². The highest BCUT2D eigenvalue weighted by Gasteiger charge is 2.24. The average Bonchev–Trinajstić information content (AvgIpc) is 2.91. The molecular formula is C21H24N4O2S. The molecule has 28 heavy (non-hydrogen) atoms. The van der Waals surface area contributed by atoms with Gasteiger partial charge in [-0.2, -0.15) is 4.91 Å². The van der Waals surface area contributed by atoms with Gasteiger partial charge in [-0.1, -0.05) is 47.3 Å². The molecule has 2 aromatic rings. The number of nitrogens with zero attached hydrogens (tertiary/aromatic N) is 4. The van der Waals surface area contributed by atoms with E-state index in [1.54, 1.807) is 11.8 Å². The van der Waals surface area contributed by atoms with Crippen LogP contribution in [-0.2, 0) is 4.74 Å². The van der Waals surface area contributed by atoms with Gasteiger partial charge in [0.25, 0.3) is 0 Å². The van der Waals surface area contributed by atoms with E-state index in [2.05, 4.69) is 63.5 Å². The Morgan fingerprint density at radius 3 is 2.54 bits per heavy atom. The molecule has 6 nitrogen and oxygen atoms in total. The molecule has 146 valence electrons. The van der Waals surface area contributed by atoms with E-state index < -0.39 is 0 Å². The number of aliphatic imine (C=N–C) groups is 1. The fourth-order valence-corrected chi connectivity index (χ4v) is 4.51. The summed E-state index contributed by atoms with van der Waals surface area (Å²) in [7, 11) is 0. The van der Waals surface area contributed by atoms with Gasteiger partial charge in [0.15, 0.2) is 0 Å². The third-order valence-corrected chi connectivity index (χ3v) is 6.13. The Morgan fingerprint density at radius 2 is 1.71 bits per heavy atom. The summed E-state index contributed by atoms with van der Waals surface area (Å²) < 4.78 is 5.45. The van der Waals surface area contributed by atoms with Crippen molar-refractivity contribution < 1.29 is 4.74 Å². The highest BCUT2D eigenvalue weighted by molar-refractivity contribution is 7.99. The minimum Gasteiger partial charge on any atom is -0.378 e. The van der Waals surface area contributed by atoms with E-state index in [9.17, 15) is 4.91 Å². The van der Waals surface area contributed by atoms with E-state index in [0.29, 0.717) is 13.2 Å². The lowest BCUT2D eigenvalue weighted by Crippen LogP contribution is -2.49. The molecule has 0 unspecified atom stereocenters. The van der Waals surface area contributed by atoms with Crippen LogP contribution in [0, 0.1) is 4.91 Å². The van der Waals surface area contributed by atoms with Crippen LogP contribution < -0.4 is 0 Å². The number of piperazine rings is 1. The number of hydrogen-bond acceptors (Lipinski definition) is 7. The van der Waals surface area contributed by atoms with Gasteiger partial charge in [0.1, 0.15) is 12.4 Å². The normalized spacial score (nSPS) is 16.7. The molecule has 2 aromatic carbocycles. The second-order valence-corrected chi connectivity index (χ2v) is 7.88. The van der Waals surface area contributed by atoms with Crippen LogP contribution >= 0.6 is 11.8 Å². The summed E-state index contributed by atoms with van der Waals surface area (Å²) in [4.78, 5) is 22.4. The number of hydrogen-bond donors (Lipinski definition) is 0. The van der Waals surface area contributed by atoms with Crippen LogP contribution in [0.15, 0.2) is 68.5 Å². The van der Waals surface area contributed by atoms with E-state index in [1.165, 1.54) is 15.4 Å². The SMILES string of the molecule is O=NCCOCCN1CCN(C2=Nc3ccccc3Sc3ccccc32)CC1. The molecule has 2 aliphatic rings. The Kier molecular flexibility index (Phi) is 6.36. The van der Waals surface area contributed by atoms with Crippen molar-refractivity contribution in [1.29, 1.82) is 0 Å². The maximum absolute atomic E-state index is 10.1. The quantitative estimate of drug-likeness (QED) is 0.551. The highest BCUT2D eigenvalue weighted by atomic mass is 32.2. The van der Waals surface area contributed by atoms with Crippen LogP contribution in [0.1, 0.15) is 5.56 Å². The standard InChI is InChI=1S/C21H24N4O2S/c26-22-9-15-27-16-14-24-10-12-25(13-11-24)21-17-5-1-3-7-19(17)28-20-8-4-2-6-18(20)23-21/h1-8H,9-16H2. The van der Waals surface area contributed by atoms with Crippen LogP contribution in [0.25, 0.3) is 0 Å². The molecule has 0 aliphatic carbocycles. The Labute approximate surface area is 169 Å². The van der Waals surface area contributed by atoms with Gasteiger partial charge in [-0.15, -0.1) is 0 Å². The van der Waals surface area contributed by atoms with Gasteiger partial charge in [0, 0.05) is 48.1 Å². The third-order valence-electron chi connectivity index (χ3n) is 4.99. The van der Waals surface area contributed by atoms with E-state index >= 15 is 0 Å². The average molecular weight is 397 g/mol. The van der Waals surface area contributed by atoms with Crippen LogP contribution in [0.3, 0.4) is 0 Å². The van der Waals surface area contributed by atoms with Gasteiger partial charge in [0.05, 0.1) is 18.9 Å². The molecule has 0 amide bonds. The molecule has 2 aliphatic heterocycles. The van der Waals surface area contributed by atoms with Gasteiger partial charge in [-0.3, -0.25) is 4.90 Å². The summed E-state index contributed by atoms with van der Waals surface area (Å²) in [6, 6.07) is 16.9. The first kappa shape index (κ1) is 19.1. The molecule has 1 fully saturated rings. The molecule has 0 N–H and O–H groups in total. The Balaban J connectivity index is 1.45. The lowest BCUT2D eigenvalue weighted by molar-refractivity contribution is 0.0931. The van der Waals surface area contributed by atoms with Gasteiger partial charge >= 0.3 is 0 Å². The minimum atomic E-state index is 0.229. The molecule has 0 saturated carbocycles. The summed E-state index contributed by atoms with van der Waals surface area (Å²) in [5.74, 6) is 1.07. The lowest BCUT2D eigenvalue weighted by atomic mass is 10.1. The summed E-state index contributed by atoms with van der Waals surface area (Å²) in [6.45, 7) is 6.00. The van der Waals surface area contributed by atoms with Crippen molar-refractivity contribution in [2.24, 2.45) is 10.2 Å². The highest BCUT2D eigenvalue weighted by Crippen LogP contribution is 2.40. The zero-order valence-electron chi connectivity index (χ0n) is 15.8. The molecule has 1 saturated heterocycles. The van der Waals surface area contributed by atoms with Crippen LogP contribution in [0.4, 0.5) is 5.69 Å². The van der Waals surface area contributed by atoms with Crippen molar-refractivity contribution in [2.75, 3.05) is 52.5 Å².